The third-order valence-electron chi connectivity index (χ3n) is 6.36. The van der Waals surface area contributed by atoms with Crippen LogP contribution in [-0.4, -0.2) is 31.6 Å². The van der Waals surface area contributed by atoms with E-state index in [2.05, 4.69) is 23.6 Å². The molecule has 3 heterocycles. The molecule has 1 amide bonds. The van der Waals surface area contributed by atoms with Gasteiger partial charge in [-0.2, -0.15) is 0 Å². The number of ether oxygens (including phenoxy) is 1. The van der Waals surface area contributed by atoms with E-state index in [4.69, 9.17) is 4.74 Å². The van der Waals surface area contributed by atoms with Crippen molar-refractivity contribution in [1.82, 2.24) is 10.6 Å². The van der Waals surface area contributed by atoms with Gasteiger partial charge in [0.1, 0.15) is 0 Å². The Bertz CT molecular complexity index is 621. The minimum absolute atomic E-state index is 0. The van der Waals surface area contributed by atoms with Crippen LogP contribution in [-0.2, 0) is 16.8 Å². The minimum Gasteiger partial charge on any atom is -0.370 e. The fraction of sp³-hybridized carbons (Fsp3) is 0.750. The maximum absolute atomic E-state index is 12.8. The van der Waals surface area contributed by atoms with E-state index in [0.29, 0.717) is 5.92 Å². The molecule has 4 rings (SSSR count). The molecule has 1 aromatic rings. The van der Waals surface area contributed by atoms with Crippen LogP contribution in [0.5, 0.6) is 0 Å². The molecule has 1 aromatic heterocycles. The molecule has 2 fully saturated rings. The van der Waals surface area contributed by atoms with Crippen LogP contribution < -0.4 is 10.6 Å². The SMILES string of the molecule is C[C@@H](NC(=O)c1cc2c(s1)CCOC21CCNCC1)C1CCCCC1.Cl. The van der Waals surface area contributed by atoms with E-state index in [1.54, 1.807) is 11.3 Å². The molecule has 2 aliphatic heterocycles. The zero-order chi connectivity index (χ0) is 17.3. The largest absolute Gasteiger partial charge is 0.370 e. The van der Waals surface area contributed by atoms with Gasteiger partial charge in [0.25, 0.3) is 5.91 Å². The number of piperidine rings is 1. The Hall–Kier alpha value is -0.620. The highest BCUT2D eigenvalue weighted by molar-refractivity contribution is 7.14. The van der Waals surface area contributed by atoms with E-state index < -0.39 is 0 Å². The highest BCUT2D eigenvalue weighted by Crippen LogP contribution is 2.43. The van der Waals surface area contributed by atoms with Crippen molar-refractivity contribution in [3.8, 4) is 0 Å². The first kappa shape index (κ1) is 20.1. The third kappa shape index (κ3) is 3.96. The molecule has 1 saturated carbocycles. The van der Waals surface area contributed by atoms with Crippen molar-refractivity contribution in [2.45, 2.75) is 69.9 Å². The molecule has 4 nitrogen and oxygen atoms in total. The molecule has 0 radical (unpaired) electrons. The van der Waals surface area contributed by atoms with Gasteiger partial charge in [-0.15, -0.1) is 23.7 Å². The van der Waals surface area contributed by atoms with E-state index in [1.807, 2.05) is 0 Å². The molecule has 3 aliphatic rings. The second kappa shape index (κ2) is 8.59. The van der Waals surface area contributed by atoms with Crippen molar-refractivity contribution in [2.24, 2.45) is 5.92 Å². The molecular weight excluding hydrogens is 368 g/mol. The monoisotopic (exact) mass is 398 g/mol. The molecule has 0 bridgehead atoms. The Balaban J connectivity index is 0.00000196. The van der Waals surface area contributed by atoms with Crippen LogP contribution in [0.25, 0.3) is 0 Å². The smallest absolute Gasteiger partial charge is 0.261 e. The van der Waals surface area contributed by atoms with E-state index >= 15 is 0 Å². The van der Waals surface area contributed by atoms with Crippen molar-refractivity contribution < 1.29 is 9.53 Å². The lowest BCUT2D eigenvalue weighted by molar-refractivity contribution is -0.0792. The molecule has 0 unspecified atom stereocenters. The molecule has 2 N–H and O–H groups in total. The van der Waals surface area contributed by atoms with Crippen molar-refractivity contribution in [1.29, 1.82) is 0 Å². The molecule has 1 spiro atoms. The lowest BCUT2D eigenvalue weighted by Crippen LogP contribution is -2.44. The highest BCUT2D eigenvalue weighted by atomic mass is 35.5. The number of hydrogen-bond donors (Lipinski definition) is 2. The molecule has 1 saturated heterocycles. The lowest BCUT2D eigenvalue weighted by atomic mass is 9.83. The minimum atomic E-state index is -0.150. The molecular formula is C20H31ClN2O2S. The zero-order valence-corrected chi connectivity index (χ0v) is 17.3. The average molecular weight is 399 g/mol. The number of rotatable bonds is 3. The number of halogens is 1. The number of hydrogen-bond acceptors (Lipinski definition) is 4. The van der Waals surface area contributed by atoms with Gasteiger partial charge in [-0.25, -0.2) is 0 Å². The molecule has 6 heteroatoms. The van der Waals surface area contributed by atoms with Crippen molar-refractivity contribution in [2.75, 3.05) is 19.7 Å². The summed E-state index contributed by atoms with van der Waals surface area (Å²) in [6, 6.07) is 2.41. The number of carbonyl (C=O) groups excluding carboxylic acids is 1. The summed E-state index contributed by atoms with van der Waals surface area (Å²) < 4.78 is 6.24. The highest BCUT2D eigenvalue weighted by Gasteiger charge is 2.40. The van der Waals surface area contributed by atoms with Gasteiger partial charge in [-0.3, -0.25) is 4.79 Å². The van der Waals surface area contributed by atoms with Gasteiger partial charge in [0.15, 0.2) is 0 Å². The van der Waals surface area contributed by atoms with Gasteiger partial charge in [-0.1, -0.05) is 19.3 Å². The normalized spacial score (nSPS) is 23.7. The summed E-state index contributed by atoms with van der Waals surface area (Å²) in [5.41, 5.74) is 1.14. The van der Waals surface area contributed by atoms with Crippen LogP contribution in [0, 0.1) is 5.92 Å². The van der Waals surface area contributed by atoms with E-state index in [9.17, 15) is 4.79 Å². The van der Waals surface area contributed by atoms with Crippen LogP contribution >= 0.6 is 23.7 Å². The number of nitrogens with one attached hydrogen (secondary N) is 2. The molecule has 146 valence electrons. The van der Waals surface area contributed by atoms with Crippen LogP contribution in [0.4, 0.5) is 0 Å². The van der Waals surface area contributed by atoms with Crippen molar-refractivity contribution in [3.63, 3.8) is 0 Å². The molecule has 1 atom stereocenters. The predicted molar refractivity (Wildman–Crippen MR) is 109 cm³/mol. The predicted octanol–water partition coefficient (Wildman–Crippen LogP) is 4.02. The summed E-state index contributed by atoms with van der Waals surface area (Å²) in [4.78, 5) is 15.1. The van der Waals surface area contributed by atoms with Crippen LogP contribution in [0.15, 0.2) is 6.07 Å². The van der Waals surface area contributed by atoms with Crippen LogP contribution in [0.2, 0.25) is 0 Å². The van der Waals surface area contributed by atoms with Crippen LogP contribution in [0.1, 0.15) is 72.0 Å². The van der Waals surface area contributed by atoms with Crippen LogP contribution in [0.3, 0.4) is 0 Å². The van der Waals surface area contributed by atoms with Gasteiger partial charge in [0.05, 0.1) is 17.1 Å². The first-order chi connectivity index (χ1) is 12.2. The maximum Gasteiger partial charge on any atom is 0.261 e. The Morgan fingerprint density at radius 3 is 2.77 bits per heavy atom. The molecule has 1 aliphatic carbocycles. The first-order valence-electron chi connectivity index (χ1n) is 9.97. The van der Waals surface area contributed by atoms with E-state index in [-0.39, 0.29) is 30.0 Å². The summed E-state index contributed by atoms with van der Waals surface area (Å²) in [6.07, 6.45) is 9.45. The van der Waals surface area contributed by atoms with Gasteiger partial charge < -0.3 is 15.4 Å². The molecule has 0 aromatic carbocycles. The fourth-order valence-electron chi connectivity index (χ4n) is 4.80. The summed E-state index contributed by atoms with van der Waals surface area (Å²) in [5.74, 6) is 0.757. The van der Waals surface area contributed by atoms with Gasteiger partial charge >= 0.3 is 0 Å². The van der Waals surface area contributed by atoms with E-state index in [1.165, 1.54) is 42.5 Å². The second-order valence-electron chi connectivity index (χ2n) is 7.95. The van der Waals surface area contributed by atoms with Crippen molar-refractivity contribution >= 4 is 29.7 Å². The summed E-state index contributed by atoms with van der Waals surface area (Å²) >= 11 is 1.69. The number of thiophene rings is 1. The summed E-state index contributed by atoms with van der Waals surface area (Å²) in [7, 11) is 0. The average Bonchev–Trinajstić information content (AvgIpc) is 3.09. The quantitative estimate of drug-likeness (QED) is 0.808. The Morgan fingerprint density at radius 2 is 2.04 bits per heavy atom. The number of fused-ring (bicyclic) bond motifs is 2. The lowest BCUT2D eigenvalue weighted by Gasteiger charge is -2.40. The number of carbonyl (C=O) groups is 1. The maximum atomic E-state index is 12.8. The second-order valence-corrected chi connectivity index (χ2v) is 9.09. The Morgan fingerprint density at radius 1 is 1.31 bits per heavy atom. The van der Waals surface area contributed by atoms with E-state index in [0.717, 1.165) is 43.8 Å². The third-order valence-corrected chi connectivity index (χ3v) is 7.55. The van der Waals surface area contributed by atoms with Gasteiger partial charge in [-0.05, 0) is 63.2 Å². The zero-order valence-electron chi connectivity index (χ0n) is 15.6. The Kier molecular flexibility index (Phi) is 6.65. The topological polar surface area (TPSA) is 50.4 Å². The number of amides is 1. The van der Waals surface area contributed by atoms with Gasteiger partial charge in [0.2, 0.25) is 0 Å². The van der Waals surface area contributed by atoms with Gasteiger partial charge in [0, 0.05) is 17.3 Å². The summed E-state index contributed by atoms with van der Waals surface area (Å²) in [6.45, 7) is 4.96. The fourth-order valence-corrected chi connectivity index (χ4v) is 5.94. The summed E-state index contributed by atoms with van der Waals surface area (Å²) in [5, 5.41) is 6.71. The standard InChI is InChI=1S/C20H30N2O2S.ClH/c1-14(15-5-3-2-4-6-15)22-19(23)18-13-16-17(25-18)7-12-24-20(16)8-10-21-11-9-20;/h13-15,21H,2-12H2,1H3,(H,22,23);1H/t14-;/m1./s1. The first-order valence-corrected chi connectivity index (χ1v) is 10.8. The van der Waals surface area contributed by atoms with Crippen molar-refractivity contribution in [3.05, 3.63) is 21.4 Å². The Labute approximate surface area is 166 Å². The molecule has 26 heavy (non-hydrogen) atoms.